The van der Waals surface area contributed by atoms with Crippen molar-refractivity contribution >= 4 is 11.8 Å². The quantitative estimate of drug-likeness (QED) is 0.681. The molecule has 0 aromatic rings. The summed E-state index contributed by atoms with van der Waals surface area (Å²) in [6.45, 7) is 4.42. The molecule has 0 radical (unpaired) electrons. The van der Waals surface area contributed by atoms with Gasteiger partial charge in [0.15, 0.2) is 0 Å². The third kappa shape index (κ3) is 2.96. The number of aliphatic carboxylic acids is 1. The molecular weight excluding hydrogens is 356 g/mol. The topological polar surface area (TPSA) is 94.8 Å². The monoisotopic (exact) mass is 392 g/mol. The van der Waals surface area contributed by atoms with E-state index in [0.29, 0.717) is 24.5 Å². The van der Waals surface area contributed by atoms with Crippen LogP contribution in [0.3, 0.4) is 0 Å². The van der Waals surface area contributed by atoms with Gasteiger partial charge in [-0.2, -0.15) is 0 Å². The van der Waals surface area contributed by atoms with Crippen LogP contribution in [0.15, 0.2) is 0 Å². The lowest BCUT2D eigenvalue weighted by atomic mass is 9.43. The first kappa shape index (κ1) is 20.3. The predicted octanol–water partition coefficient (Wildman–Crippen LogP) is 3.41. The molecule has 4 saturated carbocycles. The second-order valence-corrected chi connectivity index (χ2v) is 10.7. The zero-order valence-corrected chi connectivity index (χ0v) is 17.3. The molecule has 0 amide bonds. The van der Waals surface area contributed by atoms with Gasteiger partial charge in [-0.1, -0.05) is 13.8 Å². The van der Waals surface area contributed by atoms with Gasteiger partial charge < -0.3 is 15.3 Å². The van der Waals surface area contributed by atoms with Crippen molar-refractivity contribution in [2.75, 3.05) is 0 Å². The normalized spacial score (nSPS) is 50.6. The SMILES string of the molecule is C[C@]12CC[C@@H](O)CC1C[C@H](O)C1C2CC(=O)[C@]2(C)C(CCCC(=O)O)CCC12. The smallest absolute Gasteiger partial charge is 0.303 e. The van der Waals surface area contributed by atoms with E-state index in [2.05, 4.69) is 13.8 Å². The fraction of sp³-hybridized carbons (Fsp3) is 0.913. The number of aliphatic hydroxyl groups is 2. The molecule has 0 saturated heterocycles. The van der Waals surface area contributed by atoms with E-state index < -0.39 is 11.4 Å². The molecule has 5 unspecified atom stereocenters. The Morgan fingerprint density at radius 2 is 1.86 bits per heavy atom. The summed E-state index contributed by atoms with van der Waals surface area (Å²) >= 11 is 0. The Morgan fingerprint density at radius 1 is 1.11 bits per heavy atom. The molecule has 0 aromatic heterocycles. The minimum atomic E-state index is -0.768. The maximum absolute atomic E-state index is 13.5. The van der Waals surface area contributed by atoms with Crippen LogP contribution in [0.2, 0.25) is 0 Å². The summed E-state index contributed by atoms with van der Waals surface area (Å²) in [5, 5.41) is 30.3. The van der Waals surface area contributed by atoms with Crippen molar-refractivity contribution in [2.45, 2.75) is 90.3 Å². The molecule has 3 N–H and O–H groups in total. The Kier molecular flexibility index (Phi) is 5.15. The molecule has 0 aromatic carbocycles. The third-order valence-corrected chi connectivity index (χ3v) is 9.65. The lowest BCUT2D eigenvalue weighted by molar-refractivity contribution is -0.180. The second-order valence-electron chi connectivity index (χ2n) is 10.7. The van der Waals surface area contributed by atoms with Gasteiger partial charge in [0, 0.05) is 18.3 Å². The highest BCUT2D eigenvalue weighted by Gasteiger charge is 2.65. The molecule has 0 bridgehead atoms. The highest BCUT2D eigenvalue weighted by Crippen LogP contribution is 2.66. The lowest BCUT2D eigenvalue weighted by Gasteiger charge is -2.61. The van der Waals surface area contributed by atoms with Gasteiger partial charge in [-0.05, 0) is 86.4 Å². The molecule has 28 heavy (non-hydrogen) atoms. The van der Waals surface area contributed by atoms with Crippen molar-refractivity contribution in [2.24, 2.45) is 40.4 Å². The first-order valence-corrected chi connectivity index (χ1v) is 11.3. The Morgan fingerprint density at radius 3 is 2.57 bits per heavy atom. The number of ketones is 1. The van der Waals surface area contributed by atoms with Gasteiger partial charge in [-0.3, -0.25) is 9.59 Å². The van der Waals surface area contributed by atoms with Crippen molar-refractivity contribution in [3.05, 3.63) is 0 Å². The number of hydrogen-bond donors (Lipinski definition) is 3. The van der Waals surface area contributed by atoms with Crippen LogP contribution in [0.5, 0.6) is 0 Å². The molecular formula is C23H36O5. The number of rotatable bonds is 4. The van der Waals surface area contributed by atoms with Crippen LogP contribution in [0.1, 0.15) is 78.1 Å². The van der Waals surface area contributed by atoms with Crippen LogP contribution in [0, 0.1) is 40.4 Å². The summed E-state index contributed by atoms with van der Waals surface area (Å²) in [6.07, 6.45) is 6.70. The molecule has 0 spiro atoms. The van der Waals surface area contributed by atoms with Crippen LogP contribution in [-0.4, -0.2) is 39.3 Å². The van der Waals surface area contributed by atoms with Gasteiger partial charge in [0.2, 0.25) is 0 Å². The number of hydrogen-bond acceptors (Lipinski definition) is 4. The van der Waals surface area contributed by atoms with Crippen LogP contribution in [0.25, 0.3) is 0 Å². The van der Waals surface area contributed by atoms with E-state index in [1.54, 1.807) is 0 Å². The largest absolute Gasteiger partial charge is 0.481 e. The van der Waals surface area contributed by atoms with Gasteiger partial charge >= 0.3 is 5.97 Å². The number of fused-ring (bicyclic) bond motifs is 5. The first-order valence-electron chi connectivity index (χ1n) is 11.3. The summed E-state index contributed by atoms with van der Waals surface area (Å²) in [4.78, 5) is 24.4. The van der Waals surface area contributed by atoms with E-state index in [1.165, 1.54) is 0 Å². The minimum Gasteiger partial charge on any atom is -0.481 e. The molecule has 4 fully saturated rings. The zero-order valence-electron chi connectivity index (χ0n) is 17.3. The van der Waals surface area contributed by atoms with Gasteiger partial charge in [0.05, 0.1) is 12.2 Å². The van der Waals surface area contributed by atoms with Gasteiger partial charge in [-0.15, -0.1) is 0 Å². The highest BCUT2D eigenvalue weighted by molar-refractivity contribution is 5.87. The molecule has 4 aliphatic carbocycles. The van der Waals surface area contributed by atoms with Crippen LogP contribution < -0.4 is 0 Å². The molecule has 5 heteroatoms. The van der Waals surface area contributed by atoms with E-state index in [9.17, 15) is 19.8 Å². The van der Waals surface area contributed by atoms with E-state index in [4.69, 9.17) is 5.11 Å². The third-order valence-electron chi connectivity index (χ3n) is 9.65. The predicted molar refractivity (Wildman–Crippen MR) is 104 cm³/mol. The number of carbonyl (C=O) groups excluding carboxylic acids is 1. The molecule has 4 aliphatic rings. The lowest BCUT2D eigenvalue weighted by Crippen LogP contribution is -2.61. The summed E-state index contributed by atoms with van der Waals surface area (Å²) in [5.41, 5.74) is -0.362. The minimum absolute atomic E-state index is 0.0432. The van der Waals surface area contributed by atoms with Gasteiger partial charge in [0.25, 0.3) is 0 Å². The van der Waals surface area contributed by atoms with E-state index in [-0.39, 0.29) is 47.7 Å². The number of carboxylic acid groups (broad SMARTS) is 1. The summed E-state index contributed by atoms with van der Waals surface area (Å²) in [7, 11) is 0. The second kappa shape index (κ2) is 7.09. The Labute approximate surface area is 167 Å². The number of aliphatic hydroxyl groups excluding tert-OH is 2. The Hall–Kier alpha value is -0.940. The maximum Gasteiger partial charge on any atom is 0.303 e. The van der Waals surface area contributed by atoms with Gasteiger partial charge in [0.1, 0.15) is 5.78 Å². The highest BCUT2D eigenvalue weighted by atomic mass is 16.4. The van der Waals surface area contributed by atoms with Gasteiger partial charge in [-0.25, -0.2) is 0 Å². The molecule has 9 atom stereocenters. The van der Waals surface area contributed by atoms with Crippen LogP contribution in [-0.2, 0) is 9.59 Å². The number of carboxylic acids is 1. The van der Waals surface area contributed by atoms with E-state index >= 15 is 0 Å². The Bertz CT molecular complexity index is 647. The van der Waals surface area contributed by atoms with Crippen molar-refractivity contribution in [1.82, 2.24) is 0 Å². The average molecular weight is 393 g/mol. The summed E-state index contributed by atoms with van der Waals surface area (Å²) in [6, 6.07) is 0. The van der Waals surface area contributed by atoms with Crippen molar-refractivity contribution < 1.29 is 24.9 Å². The molecule has 4 rings (SSSR count). The number of Topliss-reactive ketones (excluding diaryl/α,β-unsaturated/α-hetero) is 1. The Balaban J connectivity index is 1.59. The molecule has 5 nitrogen and oxygen atoms in total. The van der Waals surface area contributed by atoms with Crippen LogP contribution in [0.4, 0.5) is 0 Å². The first-order chi connectivity index (χ1) is 13.2. The zero-order chi connectivity index (χ0) is 20.3. The van der Waals surface area contributed by atoms with E-state index in [0.717, 1.165) is 44.9 Å². The van der Waals surface area contributed by atoms with Crippen molar-refractivity contribution in [3.63, 3.8) is 0 Å². The maximum atomic E-state index is 13.5. The summed E-state index contributed by atoms with van der Waals surface area (Å²) in [5.74, 6) is 0.732. The van der Waals surface area contributed by atoms with Crippen molar-refractivity contribution in [1.29, 1.82) is 0 Å². The fourth-order valence-corrected chi connectivity index (χ4v) is 8.00. The molecule has 0 aliphatic heterocycles. The fourth-order valence-electron chi connectivity index (χ4n) is 8.00. The molecule has 158 valence electrons. The van der Waals surface area contributed by atoms with E-state index in [1.807, 2.05) is 0 Å². The van der Waals surface area contributed by atoms with Crippen LogP contribution >= 0.6 is 0 Å². The number of carbonyl (C=O) groups is 2. The molecule has 0 heterocycles. The standard InChI is InChI=1S/C23H36O5/c1-22-9-8-15(24)10-14(22)11-18(25)21-16-7-6-13(4-3-5-20(27)28)23(16,2)19(26)12-17(21)22/h13-18,21,24-25H,3-12H2,1-2H3,(H,27,28)/t13?,14?,15-,16?,17?,18+,21?,22+,23-/m1/s1. The summed E-state index contributed by atoms with van der Waals surface area (Å²) < 4.78 is 0. The average Bonchev–Trinajstić information content (AvgIpc) is 2.95. The van der Waals surface area contributed by atoms with Crippen molar-refractivity contribution in [3.8, 4) is 0 Å².